The highest BCUT2D eigenvalue weighted by atomic mass is 19.1. The number of likely N-dealkylation sites (tertiary alicyclic amines) is 1. The molecule has 1 N–H and O–H groups in total. The van der Waals surface area contributed by atoms with E-state index in [1.807, 2.05) is 30.0 Å². The number of benzene rings is 1. The summed E-state index contributed by atoms with van der Waals surface area (Å²) in [5, 5.41) is 2.99. The highest BCUT2D eigenvalue weighted by molar-refractivity contribution is 5.74. The van der Waals surface area contributed by atoms with Gasteiger partial charge in [-0.1, -0.05) is 18.2 Å². The number of nitrogens with zero attached hydrogens (tertiary/aromatic N) is 2. The standard InChI is InChI=1S/C19H24FN3O/c1-15(14-16-6-2-3-7-18(16)20)21-19(24)23-12-8-17(9-13-23)22-10-4-5-11-22/h2-7,10-11,15,17H,8-9,12-14H2,1H3,(H,21,24)/t15-/m0/s1. The van der Waals surface area contributed by atoms with Crippen LogP contribution in [-0.4, -0.2) is 34.6 Å². The van der Waals surface area contributed by atoms with Crippen LogP contribution in [0.2, 0.25) is 0 Å². The van der Waals surface area contributed by atoms with Crippen LogP contribution in [0.3, 0.4) is 0 Å². The van der Waals surface area contributed by atoms with Crippen molar-refractivity contribution < 1.29 is 9.18 Å². The predicted molar refractivity (Wildman–Crippen MR) is 92.4 cm³/mol. The Balaban J connectivity index is 1.48. The van der Waals surface area contributed by atoms with Crippen molar-refractivity contribution in [1.82, 2.24) is 14.8 Å². The summed E-state index contributed by atoms with van der Waals surface area (Å²) in [7, 11) is 0. The van der Waals surface area contributed by atoms with Gasteiger partial charge in [-0.15, -0.1) is 0 Å². The number of nitrogens with one attached hydrogen (secondary N) is 1. The average Bonchev–Trinajstić information content (AvgIpc) is 3.11. The third-order valence-electron chi connectivity index (χ3n) is 4.65. The lowest BCUT2D eigenvalue weighted by molar-refractivity contribution is 0.169. The number of hydrogen-bond donors (Lipinski definition) is 1. The van der Waals surface area contributed by atoms with Gasteiger partial charge in [0.05, 0.1) is 0 Å². The Bertz CT molecular complexity index is 663. The molecule has 3 rings (SSSR count). The van der Waals surface area contributed by atoms with Crippen LogP contribution in [0.5, 0.6) is 0 Å². The second-order valence-electron chi connectivity index (χ2n) is 6.49. The highest BCUT2D eigenvalue weighted by Crippen LogP contribution is 2.22. The fourth-order valence-electron chi connectivity index (χ4n) is 3.31. The lowest BCUT2D eigenvalue weighted by Crippen LogP contribution is -2.47. The van der Waals surface area contributed by atoms with Crippen molar-refractivity contribution in [2.75, 3.05) is 13.1 Å². The fraction of sp³-hybridized carbons (Fsp3) is 0.421. The van der Waals surface area contributed by atoms with E-state index in [2.05, 4.69) is 22.3 Å². The zero-order chi connectivity index (χ0) is 16.9. The second kappa shape index (κ2) is 7.51. The maximum absolute atomic E-state index is 13.7. The van der Waals surface area contributed by atoms with Gasteiger partial charge in [0.15, 0.2) is 0 Å². The zero-order valence-electron chi connectivity index (χ0n) is 14.0. The van der Waals surface area contributed by atoms with Crippen molar-refractivity contribution in [3.63, 3.8) is 0 Å². The van der Waals surface area contributed by atoms with Gasteiger partial charge in [-0.2, -0.15) is 0 Å². The van der Waals surface area contributed by atoms with E-state index >= 15 is 0 Å². The third kappa shape index (κ3) is 3.96. The number of amides is 2. The van der Waals surface area contributed by atoms with Gasteiger partial charge in [0, 0.05) is 37.6 Å². The first kappa shape index (κ1) is 16.6. The molecule has 2 amide bonds. The van der Waals surface area contributed by atoms with E-state index in [0.717, 1.165) is 25.9 Å². The summed E-state index contributed by atoms with van der Waals surface area (Å²) in [6.45, 7) is 3.42. The molecule has 1 aliphatic rings. The second-order valence-corrected chi connectivity index (χ2v) is 6.49. The number of carbonyl (C=O) groups excluding carboxylic acids is 1. The molecule has 0 spiro atoms. The lowest BCUT2D eigenvalue weighted by Gasteiger charge is -2.33. The number of aromatic nitrogens is 1. The molecule has 24 heavy (non-hydrogen) atoms. The Morgan fingerprint density at radius 1 is 1.21 bits per heavy atom. The van der Waals surface area contributed by atoms with E-state index < -0.39 is 0 Å². The zero-order valence-corrected chi connectivity index (χ0v) is 14.0. The van der Waals surface area contributed by atoms with Crippen LogP contribution in [0.4, 0.5) is 9.18 Å². The first-order valence-electron chi connectivity index (χ1n) is 8.55. The van der Waals surface area contributed by atoms with Crippen LogP contribution in [-0.2, 0) is 6.42 Å². The minimum atomic E-state index is -0.217. The maximum atomic E-state index is 13.7. The van der Waals surface area contributed by atoms with Gasteiger partial charge in [0.25, 0.3) is 0 Å². The molecule has 4 nitrogen and oxygen atoms in total. The summed E-state index contributed by atoms with van der Waals surface area (Å²) in [5.41, 5.74) is 0.636. The summed E-state index contributed by atoms with van der Waals surface area (Å²) < 4.78 is 15.9. The quantitative estimate of drug-likeness (QED) is 0.914. The Hall–Kier alpha value is -2.30. The summed E-state index contributed by atoms with van der Waals surface area (Å²) in [4.78, 5) is 14.3. The molecule has 1 aromatic heterocycles. The molecule has 0 saturated carbocycles. The summed E-state index contributed by atoms with van der Waals surface area (Å²) in [5.74, 6) is -0.217. The molecule has 1 aliphatic heterocycles. The Morgan fingerprint density at radius 3 is 2.54 bits per heavy atom. The molecule has 0 bridgehead atoms. The largest absolute Gasteiger partial charge is 0.351 e. The van der Waals surface area contributed by atoms with Gasteiger partial charge in [-0.3, -0.25) is 0 Å². The first-order valence-corrected chi connectivity index (χ1v) is 8.55. The van der Waals surface area contributed by atoms with E-state index in [1.165, 1.54) is 6.07 Å². The number of rotatable bonds is 4. The van der Waals surface area contributed by atoms with Crippen LogP contribution in [0.1, 0.15) is 31.4 Å². The molecule has 1 aromatic carbocycles. The van der Waals surface area contributed by atoms with Crippen LogP contribution < -0.4 is 5.32 Å². The van der Waals surface area contributed by atoms with Crippen LogP contribution in [0.25, 0.3) is 0 Å². The van der Waals surface area contributed by atoms with Gasteiger partial charge >= 0.3 is 6.03 Å². The molecule has 1 fully saturated rings. The highest BCUT2D eigenvalue weighted by Gasteiger charge is 2.24. The van der Waals surface area contributed by atoms with Crippen LogP contribution in [0.15, 0.2) is 48.8 Å². The van der Waals surface area contributed by atoms with Crippen molar-refractivity contribution in [3.8, 4) is 0 Å². The minimum absolute atomic E-state index is 0.0511. The van der Waals surface area contributed by atoms with E-state index in [-0.39, 0.29) is 17.9 Å². The SMILES string of the molecule is C[C@@H](Cc1ccccc1F)NC(=O)N1CCC(n2cccc2)CC1. The Labute approximate surface area is 142 Å². The van der Waals surface area contributed by atoms with Gasteiger partial charge in [-0.25, -0.2) is 9.18 Å². The van der Waals surface area contributed by atoms with Gasteiger partial charge in [0.2, 0.25) is 0 Å². The van der Waals surface area contributed by atoms with Crippen molar-refractivity contribution >= 4 is 6.03 Å². The van der Waals surface area contributed by atoms with Crippen LogP contribution >= 0.6 is 0 Å². The van der Waals surface area contributed by atoms with E-state index in [0.29, 0.717) is 18.0 Å². The molecule has 1 saturated heterocycles. The Kier molecular flexibility index (Phi) is 5.18. The monoisotopic (exact) mass is 329 g/mol. The van der Waals surface area contributed by atoms with Gasteiger partial charge < -0.3 is 14.8 Å². The number of urea groups is 1. The molecule has 0 radical (unpaired) electrons. The average molecular weight is 329 g/mol. The smallest absolute Gasteiger partial charge is 0.317 e. The molecule has 1 atom stereocenters. The van der Waals surface area contributed by atoms with Crippen molar-refractivity contribution in [2.45, 2.75) is 38.3 Å². The summed E-state index contributed by atoms with van der Waals surface area (Å²) >= 11 is 0. The first-order chi connectivity index (χ1) is 11.6. The molecule has 128 valence electrons. The molecule has 2 aromatic rings. The summed E-state index contributed by atoms with van der Waals surface area (Å²) in [6.07, 6.45) is 6.58. The maximum Gasteiger partial charge on any atom is 0.317 e. The number of halogens is 1. The molecular weight excluding hydrogens is 305 g/mol. The van der Waals surface area contributed by atoms with E-state index in [9.17, 15) is 9.18 Å². The van der Waals surface area contributed by atoms with Gasteiger partial charge in [0.1, 0.15) is 5.82 Å². The number of piperidine rings is 1. The molecule has 2 heterocycles. The molecular formula is C19H24FN3O. The fourth-order valence-corrected chi connectivity index (χ4v) is 3.31. The summed E-state index contributed by atoms with van der Waals surface area (Å²) in [6, 6.07) is 11.1. The Morgan fingerprint density at radius 2 is 1.88 bits per heavy atom. The van der Waals surface area contributed by atoms with Gasteiger partial charge in [-0.05, 0) is 49.9 Å². The molecule has 0 unspecified atom stereocenters. The minimum Gasteiger partial charge on any atom is -0.351 e. The molecule has 0 aliphatic carbocycles. The van der Waals surface area contributed by atoms with Crippen molar-refractivity contribution in [2.24, 2.45) is 0 Å². The van der Waals surface area contributed by atoms with E-state index in [1.54, 1.807) is 12.1 Å². The lowest BCUT2D eigenvalue weighted by atomic mass is 10.0. The van der Waals surface area contributed by atoms with Crippen LogP contribution in [0, 0.1) is 5.82 Å². The third-order valence-corrected chi connectivity index (χ3v) is 4.65. The topological polar surface area (TPSA) is 37.3 Å². The predicted octanol–water partition coefficient (Wildman–Crippen LogP) is 3.60. The normalized spacial score (nSPS) is 16.8. The van der Waals surface area contributed by atoms with E-state index in [4.69, 9.17) is 0 Å². The number of carbonyl (C=O) groups is 1. The number of hydrogen-bond acceptors (Lipinski definition) is 1. The van der Waals surface area contributed by atoms with Crippen molar-refractivity contribution in [1.29, 1.82) is 0 Å². The molecule has 5 heteroatoms. The van der Waals surface area contributed by atoms with Crippen molar-refractivity contribution in [3.05, 3.63) is 60.2 Å².